The van der Waals surface area contributed by atoms with E-state index in [1.807, 2.05) is 67.3 Å². The zero-order valence-electron chi connectivity index (χ0n) is 16.0. The molecule has 0 bridgehead atoms. The summed E-state index contributed by atoms with van der Waals surface area (Å²) >= 11 is 0. The Morgan fingerprint density at radius 1 is 0.963 bits per heavy atom. The molecular formula is C24H25NO2. The van der Waals surface area contributed by atoms with Gasteiger partial charge in [-0.3, -0.25) is 9.59 Å². The summed E-state index contributed by atoms with van der Waals surface area (Å²) in [5, 5.41) is 0. The smallest absolute Gasteiger partial charge is 0.227 e. The van der Waals surface area contributed by atoms with Crippen molar-refractivity contribution in [1.29, 1.82) is 0 Å². The van der Waals surface area contributed by atoms with Crippen LogP contribution in [0.5, 0.6) is 0 Å². The Morgan fingerprint density at radius 2 is 1.63 bits per heavy atom. The summed E-state index contributed by atoms with van der Waals surface area (Å²) in [5.74, 6) is 7.07. The van der Waals surface area contributed by atoms with Gasteiger partial charge in [-0.2, -0.15) is 0 Å². The van der Waals surface area contributed by atoms with E-state index < -0.39 is 0 Å². The van der Waals surface area contributed by atoms with Crippen LogP contribution < -0.4 is 4.90 Å². The molecule has 1 amide bonds. The normalized spacial score (nSPS) is 12.3. The van der Waals surface area contributed by atoms with Crippen molar-refractivity contribution in [2.45, 2.75) is 46.1 Å². The number of fused-ring (bicyclic) bond motifs is 2. The first kappa shape index (κ1) is 18.9. The summed E-state index contributed by atoms with van der Waals surface area (Å²) in [5.41, 5.74) is 3.70. The summed E-state index contributed by atoms with van der Waals surface area (Å²) < 4.78 is 0. The number of benzene rings is 2. The van der Waals surface area contributed by atoms with E-state index in [1.54, 1.807) is 0 Å². The maximum absolute atomic E-state index is 13.0. The highest BCUT2D eigenvalue weighted by atomic mass is 16.2. The Hall–Kier alpha value is -2.86. The van der Waals surface area contributed by atoms with Crippen LogP contribution >= 0.6 is 0 Å². The molecular weight excluding hydrogens is 334 g/mol. The van der Waals surface area contributed by atoms with Crippen LogP contribution in [-0.2, 0) is 16.1 Å². The Morgan fingerprint density at radius 3 is 2.41 bits per heavy atom. The quantitative estimate of drug-likeness (QED) is 0.700. The van der Waals surface area contributed by atoms with Gasteiger partial charge in [0.1, 0.15) is 5.78 Å². The number of anilines is 1. The van der Waals surface area contributed by atoms with Crippen molar-refractivity contribution in [3.63, 3.8) is 0 Å². The molecule has 1 heterocycles. The lowest BCUT2D eigenvalue weighted by molar-refractivity contribution is -0.120. The van der Waals surface area contributed by atoms with Gasteiger partial charge in [0.2, 0.25) is 5.91 Å². The number of ketones is 1. The van der Waals surface area contributed by atoms with Crippen molar-refractivity contribution in [3.05, 3.63) is 65.2 Å². The fraction of sp³-hybridized carbons (Fsp3) is 0.333. The summed E-state index contributed by atoms with van der Waals surface area (Å²) in [6, 6.07) is 15.7. The average molecular weight is 359 g/mol. The van der Waals surface area contributed by atoms with E-state index in [0.29, 0.717) is 38.1 Å². The predicted octanol–water partition coefficient (Wildman–Crippen LogP) is 4.72. The largest absolute Gasteiger partial charge is 0.307 e. The molecule has 3 nitrogen and oxygen atoms in total. The van der Waals surface area contributed by atoms with Crippen molar-refractivity contribution < 1.29 is 9.59 Å². The first-order chi connectivity index (χ1) is 13.0. The molecule has 0 saturated heterocycles. The number of amides is 1. The van der Waals surface area contributed by atoms with E-state index in [4.69, 9.17) is 0 Å². The molecule has 1 aliphatic heterocycles. The van der Waals surface area contributed by atoms with E-state index in [-0.39, 0.29) is 11.7 Å². The number of carbonyl (C=O) groups is 2. The van der Waals surface area contributed by atoms with E-state index in [2.05, 4.69) is 11.8 Å². The van der Waals surface area contributed by atoms with Crippen LogP contribution in [0.1, 0.15) is 56.2 Å². The Bertz CT molecular complexity index is 902. The number of para-hydroxylation sites is 1. The number of Topliss-reactive ketones (excluding diaryl/α,β-unsaturated/α-hetero) is 1. The highest BCUT2D eigenvalue weighted by molar-refractivity contribution is 5.95. The molecule has 0 spiro atoms. The van der Waals surface area contributed by atoms with Crippen LogP contribution in [0.3, 0.4) is 0 Å². The monoisotopic (exact) mass is 359 g/mol. The molecule has 0 unspecified atom stereocenters. The van der Waals surface area contributed by atoms with Crippen LogP contribution in [0.25, 0.3) is 0 Å². The molecule has 0 aliphatic carbocycles. The van der Waals surface area contributed by atoms with Crippen molar-refractivity contribution >= 4 is 17.4 Å². The van der Waals surface area contributed by atoms with Crippen molar-refractivity contribution in [2.75, 3.05) is 4.90 Å². The number of rotatable bonds is 6. The molecule has 0 saturated carbocycles. The number of carbonyl (C=O) groups excluding carboxylic acids is 2. The minimum Gasteiger partial charge on any atom is -0.307 e. The van der Waals surface area contributed by atoms with Crippen LogP contribution in [0.15, 0.2) is 48.5 Å². The van der Waals surface area contributed by atoms with Crippen molar-refractivity contribution in [1.82, 2.24) is 0 Å². The zero-order valence-corrected chi connectivity index (χ0v) is 16.0. The molecule has 27 heavy (non-hydrogen) atoms. The zero-order chi connectivity index (χ0) is 19.2. The number of hydrogen-bond donors (Lipinski definition) is 0. The predicted molar refractivity (Wildman–Crippen MR) is 108 cm³/mol. The van der Waals surface area contributed by atoms with Gasteiger partial charge in [0.25, 0.3) is 0 Å². The second kappa shape index (κ2) is 8.68. The molecule has 2 aromatic rings. The number of hydrogen-bond acceptors (Lipinski definition) is 2. The third-order valence-corrected chi connectivity index (χ3v) is 4.66. The van der Waals surface area contributed by atoms with E-state index in [0.717, 1.165) is 22.4 Å². The first-order valence-corrected chi connectivity index (χ1v) is 9.55. The molecule has 0 atom stereocenters. The van der Waals surface area contributed by atoms with E-state index in [1.165, 1.54) is 0 Å². The lowest BCUT2D eigenvalue weighted by Crippen LogP contribution is -2.31. The minimum atomic E-state index is 0.0401. The van der Waals surface area contributed by atoms with Gasteiger partial charge in [0.15, 0.2) is 0 Å². The molecule has 0 radical (unpaired) electrons. The van der Waals surface area contributed by atoms with Gasteiger partial charge in [0, 0.05) is 30.4 Å². The Balaban J connectivity index is 1.79. The molecule has 1 aliphatic rings. The van der Waals surface area contributed by atoms with Crippen LogP contribution in [0, 0.1) is 17.8 Å². The van der Waals surface area contributed by atoms with E-state index in [9.17, 15) is 9.59 Å². The molecule has 3 rings (SSSR count). The number of nitrogens with zero attached hydrogens (tertiary/aromatic N) is 1. The fourth-order valence-corrected chi connectivity index (χ4v) is 3.34. The highest BCUT2D eigenvalue weighted by Crippen LogP contribution is 2.26. The molecule has 0 aromatic heterocycles. The maximum atomic E-state index is 13.0. The van der Waals surface area contributed by atoms with Gasteiger partial charge in [-0.05, 0) is 36.1 Å². The SMILES string of the molecule is CC(C)CC(=O)CCCC(=O)N1Cc2ccccc2C#Cc2ccccc21. The fourth-order valence-electron chi connectivity index (χ4n) is 3.34. The van der Waals surface area contributed by atoms with Crippen LogP contribution in [-0.4, -0.2) is 11.7 Å². The second-order valence-electron chi connectivity index (χ2n) is 7.39. The summed E-state index contributed by atoms with van der Waals surface area (Å²) in [4.78, 5) is 26.8. The van der Waals surface area contributed by atoms with Crippen LogP contribution in [0.4, 0.5) is 5.69 Å². The summed E-state index contributed by atoms with van der Waals surface area (Å²) in [6.45, 7) is 4.58. The summed E-state index contributed by atoms with van der Waals surface area (Å²) in [6.07, 6.45) is 2.02. The maximum Gasteiger partial charge on any atom is 0.227 e. The summed E-state index contributed by atoms with van der Waals surface area (Å²) in [7, 11) is 0. The average Bonchev–Trinajstić information content (AvgIpc) is 2.63. The van der Waals surface area contributed by atoms with E-state index >= 15 is 0 Å². The first-order valence-electron chi connectivity index (χ1n) is 9.55. The molecule has 2 aromatic carbocycles. The molecule has 3 heteroatoms. The van der Waals surface area contributed by atoms with Crippen LogP contribution in [0.2, 0.25) is 0 Å². The van der Waals surface area contributed by atoms with Gasteiger partial charge in [-0.15, -0.1) is 0 Å². The lowest BCUT2D eigenvalue weighted by Gasteiger charge is -2.26. The lowest BCUT2D eigenvalue weighted by atomic mass is 10.0. The van der Waals surface area contributed by atoms with Gasteiger partial charge < -0.3 is 4.90 Å². The topological polar surface area (TPSA) is 37.4 Å². The Kier molecular flexibility index (Phi) is 6.08. The van der Waals surface area contributed by atoms with Gasteiger partial charge in [-0.25, -0.2) is 0 Å². The Labute approximate surface area is 161 Å². The van der Waals surface area contributed by atoms with Gasteiger partial charge >= 0.3 is 0 Å². The standard InChI is InChI=1S/C24H25NO2/c1-18(2)16-22(26)11-7-13-24(27)25-17-21-10-4-3-8-19(21)14-15-20-9-5-6-12-23(20)25/h3-6,8-10,12,18H,7,11,13,16-17H2,1-2H3. The molecule has 0 fully saturated rings. The molecule has 0 N–H and O–H groups in total. The second-order valence-corrected chi connectivity index (χ2v) is 7.39. The van der Waals surface area contributed by atoms with Crippen molar-refractivity contribution in [2.24, 2.45) is 5.92 Å². The van der Waals surface area contributed by atoms with Gasteiger partial charge in [-0.1, -0.05) is 56.0 Å². The third kappa shape index (κ3) is 4.86. The minimum absolute atomic E-state index is 0.0401. The third-order valence-electron chi connectivity index (χ3n) is 4.66. The van der Waals surface area contributed by atoms with Crippen molar-refractivity contribution in [3.8, 4) is 11.8 Å². The highest BCUT2D eigenvalue weighted by Gasteiger charge is 2.21. The van der Waals surface area contributed by atoms with Gasteiger partial charge in [0.05, 0.1) is 12.2 Å². The molecule has 138 valence electrons.